The van der Waals surface area contributed by atoms with Gasteiger partial charge in [0.2, 0.25) is 5.95 Å². The average Bonchev–Trinajstić information content (AvgIpc) is 2.79. The molecule has 6 heteroatoms. The topological polar surface area (TPSA) is 43.8 Å². The quantitative estimate of drug-likeness (QED) is 0.783. The van der Waals surface area contributed by atoms with Crippen LogP contribution in [-0.2, 0) is 0 Å². The highest BCUT2D eigenvalue weighted by Gasteiger charge is 2.20. The third-order valence-electron chi connectivity index (χ3n) is 3.49. The summed E-state index contributed by atoms with van der Waals surface area (Å²) >= 11 is 0. The number of hydrogen-bond donors (Lipinski definition) is 1. The first kappa shape index (κ1) is 13.5. The number of aromatic nitrogens is 2. The van der Waals surface area contributed by atoms with Gasteiger partial charge in [-0.25, -0.2) is 18.2 Å². The summed E-state index contributed by atoms with van der Waals surface area (Å²) < 4.78 is 42.2. The second-order valence-corrected chi connectivity index (χ2v) is 4.80. The molecule has 1 atom stereocenters. The number of anilines is 1. The van der Waals surface area contributed by atoms with Gasteiger partial charge >= 0.3 is 0 Å². The summed E-state index contributed by atoms with van der Waals surface area (Å²) in [6, 6.07) is 7.75. The van der Waals surface area contributed by atoms with Crippen LogP contribution in [0.25, 0.3) is 11.0 Å². The van der Waals surface area contributed by atoms with Crippen molar-refractivity contribution in [1.82, 2.24) is 9.55 Å². The number of fused-ring (bicyclic) bond motifs is 1. The number of halogens is 3. The predicted molar refractivity (Wildman–Crippen MR) is 74.3 cm³/mol. The van der Waals surface area contributed by atoms with E-state index in [1.165, 1.54) is 22.8 Å². The first-order valence-corrected chi connectivity index (χ1v) is 6.36. The lowest BCUT2D eigenvalue weighted by Crippen LogP contribution is -2.11. The fourth-order valence-electron chi connectivity index (χ4n) is 2.45. The fourth-order valence-corrected chi connectivity index (χ4v) is 2.45. The maximum Gasteiger partial charge on any atom is 0.201 e. The number of hydrogen-bond acceptors (Lipinski definition) is 2. The molecule has 3 aromatic rings. The van der Waals surface area contributed by atoms with Crippen LogP contribution in [0.3, 0.4) is 0 Å². The first-order chi connectivity index (χ1) is 9.99. The molecule has 0 spiro atoms. The van der Waals surface area contributed by atoms with Crippen molar-refractivity contribution in [2.75, 3.05) is 5.73 Å². The summed E-state index contributed by atoms with van der Waals surface area (Å²) in [5.74, 6) is -2.35. The monoisotopic (exact) mass is 291 g/mol. The molecular weight excluding hydrogens is 279 g/mol. The molecule has 2 N–H and O–H groups in total. The summed E-state index contributed by atoms with van der Waals surface area (Å²) in [5, 5.41) is 0. The van der Waals surface area contributed by atoms with Crippen LogP contribution in [0.1, 0.15) is 18.5 Å². The molecular formula is C15H12F3N3. The van der Waals surface area contributed by atoms with Gasteiger partial charge in [0.1, 0.15) is 11.3 Å². The minimum atomic E-state index is -1.01. The van der Waals surface area contributed by atoms with Gasteiger partial charge in [0.15, 0.2) is 11.6 Å². The van der Waals surface area contributed by atoms with Crippen molar-refractivity contribution in [3.63, 3.8) is 0 Å². The van der Waals surface area contributed by atoms with Gasteiger partial charge in [-0.2, -0.15) is 0 Å². The molecule has 0 amide bonds. The second-order valence-electron chi connectivity index (χ2n) is 4.80. The van der Waals surface area contributed by atoms with E-state index in [4.69, 9.17) is 5.73 Å². The molecule has 21 heavy (non-hydrogen) atoms. The number of rotatable bonds is 2. The van der Waals surface area contributed by atoms with Crippen molar-refractivity contribution in [3.05, 3.63) is 59.4 Å². The van der Waals surface area contributed by atoms with Crippen LogP contribution < -0.4 is 5.73 Å². The predicted octanol–water partition coefficient (Wildman–Crippen LogP) is 3.65. The van der Waals surface area contributed by atoms with E-state index >= 15 is 0 Å². The summed E-state index contributed by atoms with van der Waals surface area (Å²) in [5.41, 5.74) is 6.64. The molecule has 0 fully saturated rings. The third-order valence-corrected chi connectivity index (χ3v) is 3.49. The SMILES string of the molecule is CC(c1cccc(F)c1)n1c(N)nc2ccc(F)c(F)c21. The summed E-state index contributed by atoms with van der Waals surface area (Å²) in [4.78, 5) is 4.02. The van der Waals surface area contributed by atoms with E-state index < -0.39 is 23.5 Å². The van der Waals surface area contributed by atoms with Gasteiger partial charge in [-0.05, 0) is 36.8 Å². The Kier molecular flexibility index (Phi) is 3.08. The van der Waals surface area contributed by atoms with Crippen LogP contribution in [0.2, 0.25) is 0 Å². The van der Waals surface area contributed by atoms with Crippen molar-refractivity contribution in [2.24, 2.45) is 0 Å². The molecule has 0 bridgehead atoms. The summed E-state index contributed by atoms with van der Waals surface area (Å²) in [6.45, 7) is 1.72. The Morgan fingerprint density at radius 2 is 1.90 bits per heavy atom. The van der Waals surface area contributed by atoms with Crippen molar-refractivity contribution < 1.29 is 13.2 Å². The zero-order valence-electron chi connectivity index (χ0n) is 11.1. The molecule has 108 valence electrons. The Bertz CT molecular complexity index is 826. The Balaban J connectivity index is 2.24. The van der Waals surface area contributed by atoms with Gasteiger partial charge in [-0.1, -0.05) is 12.1 Å². The van der Waals surface area contributed by atoms with Crippen LogP contribution in [0.5, 0.6) is 0 Å². The highest BCUT2D eigenvalue weighted by atomic mass is 19.2. The van der Waals surface area contributed by atoms with E-state index in [0.29, 0.717) is 5.56 Å². The second kappa shape index (κ2) is 4.80. The number of nitrogens with two attached hydrogens (primary N) is 1. The fraction of sp³-hybridized carbons (Fsp3) is 0.133. The minimum Gasteiger partial charge on any atom is -0.369 e. The standard InChI is InChI=1S/C15H12F3N3/c1-8(9-3-2-4-10(16)7-9)21-14-12(20-15(21)19)6-5-11(17)13(14)18/h2-8H,1H3,(H2,19,20). The number of benzene rings is 2. The summed E-state index contributed by atoms with van der Waals surface area (Å²) in [7, 11) is 0. The lowest BCUT2D eigenvalue weighted by molar-refractivity contribution is 0.509. The van der Waals surface area contributed by atoms with E-state index in [1.807, 2.05) is 0 Å². The van der Waals surface area contributed by atoms with Crippen LogP contribution in [0, 0.1) is 17.5 Å². The van der Waals surface area contributed by atoms with E-state index in [1.54, 1.807) is 19.1 Å². The first-order valence-electron chi connectivity index (χ1n) is 6.36. The number of nitrogens with zero attached hydrogens (tertiary/aromatic N) is 2. The zero-order valence-corrected chi connectivity index (χ0v) is 11.1. The van der Waals surface area contributed by atoms with Crippen molar-refractivity contribution >= 4 is 17.0 Å². The largest absolute Gasteiger partial charge is 0.369 e. The smallest absolute Gasteiger partial charge is 0.201 e. The molecule has 0 aliphatic carbocycles. The molecule has 0 saturated carbocycles. The summed E-state index contributed by atoms with van der Waals surface area (Å²) in [6.07, 6.45) is 0. The van der Waals surface area contributed by atoms with Gasteiger partial charge in [-0.3, -0.25) is 0 Å². The normalized spacial score (nSPS) is 12.8. The Hall–Kier alpha value is -2.50. The zero-order chi connectivity index (χ0) is 15.1. The van der Waals surface area contributed by atoms with E-state index in [0.717, 1.165) is 6.07 Å². The molecule has 3 rings (SSSR count). The molecule has 1 heterocycles. The maximum absolute atomic E-state index is 14.1. The van der Waals surface area contributed by atoms with Crippen molar-refractivity contribution in [3.8, 4) is 0 Å². The molecule has 0 radical (unpaired) electrons. The van der Waals surface area contributed by atoms with Crippen molar-refractivity contribution in [2.45, 2.75) is 13.0 Å². The molecule has 1 aromatic heterocycles. The van der Waals surface area contributed by atoms with Gasteiger partial charge in [0.05, 0.1) is 11.6 Å². The van der Waals surface area contributed by atoms with E-state index in [9.17, 15) is 13.2 Å². The number of nitrogen functional groups attached to an aromatic ring is 1. The van der Waals surface area contributed by atoms with Gasteiger partial charge in [0, 0.05) is 0 Å². The lowest BCUT2D eigenvalue weighted by Gasteiger charge is -2.17. The lowest BCUT2D eigenvalue weighted by atomic mass is 10.1. The van der Waals surface area contributed by atoms with Gasteiger partial charge in [0.25, 0.3) is 0 Å². The van der Waals surface area contributed by atoms with Gasteiger partial charge < -0.3 is 10.3 Å². The molecule has 3 nitrogen and oxygen atoms in total. The molecule has 0 aliphatic heterocycles. The van der Waals surface area contributed by atoms with Crippen molar-refractivity contribution in [1.29, 1.82) is 0 Å². The van der Waals surface area contributed by atoms with Crippen LogP contribution in [-0.4, -0.2) is 9.55 Å². The van der Waals surface area contributed by atoms with E-state index in [-0.39, 0.29) is 17.0 Å². The molecule has 1 unspecified atom stereocenters. The highest BCUT2D eigenvalue weighted by molar-refractivity contribution is 5.79. The Morgan fingerprint density at radius 3 is 2.62 bits per heavy atom. The number of imidazole rings is 1. The van der Waals surface area contributed by atoms with Crippen LogP contribution >= 0.6 is 0 Å². The van der Waals surface area contributed by atoms with Crippen LogP contribution in [0.4, 0.5) is 19.1 Å². The Labute approximate surface area is 118 Å². The maximum atomic E-state index is 14.1. The molecule has 0 saturated heterocycles. The molecule has 0 aliphatic rings. The van der Waals surface area contributed by atoms with Gasteiger partial charge in [-0.15, -0.1) is 0 Å². The Morgan fingerprint density at radius 1 is 1.14 bits per heavy atom. The third kappa shape index (κ3) is 2.12. The van der Waals surface area contributed by atoms with Crippen LogP contribution in [0.15, 0.2) is 36.4 Å². The molecule has 2 aromatic carbocycles. The minimum absolute atomic E-state index is 0.0238. The highest BCUT2D eigenvalue weighted by Crippen LogP contribution is 2.30. The van der Waals surface area contributed by atoms with E-state index in [2.05, 4.69) is 4.98 Å². The average molecular weight is 291 g/mol.